The number of carbonyl (C=O) groups is 2. The molecule has 0 atom stereocenters. The molecule has 0 aliphatic heterocycles. The van der Waals surface area contributed by atoms with Gasteiger partial charge in [-0.3, -0.25) is 9.59 Å². The minimum Gasteiger partial charge on any atom is -0.465 e. The van der Waals surface area contributed by atoms with Crippen molar-refractivity contribution in [2.75, 3.05) is 6.61 Å². The summed E-state index contributed by atoms with van der Waals surface area (Å²) in [5, 5.41) is 0.683. The summed E-state index contributed by atoms with van der Waals surface area (Å²) in [6, 6.07) is 4.55. The molecule has 0 heterocycles. The molecule has 1 rings (SSSR count). The van der Waals surface area contributed by atoms with Crippen LogP contribution in [-0.2, 0) is 9.53 Å². The first-order valence-electron chi connectivity index (χ1n) is 5.18. The van der Waals surface area contributed by atoms with Crippen molar-refractivity contribution in [3.63, 3.8) is 0 Å². The van der Waals surface area contributed by atoms with Gasteiger partial charge in [0.25, 0.3) is 0 Å². The molecule has 0 bridgehead atoms. The smallest absolute Gasteiger partial charge is 0.313 e. The third-order valence-corrected chi connectivity index (χ3v) is 2.57. The standard InChI is InChI=1S/C12H12Cl2O3/c1-2-5-17-12(16)7-11(15)9-6-8(13)3-4-10(9)14/h3-4,6H,2,5,7H2,1H3. The summed E-state index contributed by atoms with van der Waals surface area (Å²) in [7, 11) is 0. The molecule has 0 saturated heterocycles. The van der Waals surface area contributed by atoms with E-state index in [-0.39, 0.29) is 17.0 Å². The van der Waals surface area contributed by atoms with E-state index in [1.165, 1.54) is 12.1 Å². The van der Waals surface area contributed by atoms with Crippen LogP contribution in [0.3, 0.4) is 0 Å². The van der Waals surface area contributed by atoms with E-state index < -0.39 is 11.8 Å². The average Bonchev–Trinajstić information content (AvgIpc) is 2.29. The second-order valence-corrected chi connectivity index (χ2v) is 4.29. The lowest BCUT2D eigenvalue weighted by Gasteiger charge is -2.04. The molecule has 0 N–H and O–H groups in total. The van der Waals surface area contributed by atoms with Crippen molar-refractivity contribution in [1.29, 1.82) is 0 Å². The Morgan fingerprint density at radius 3 is 2.65 bits per heavy atom. The van der Waals surface area contributed by atoms with Crippen molar-refractivity contribution in [2.45, 2.75) is 19.8 Å². The van der Waals surface area contributed by atoms with Crippen LogP contribution in [0.2, 0.25) is 10.0 Å². The number of hydrogen-bond donors (Lipinski definition) is 0. The zero-order valence-electron chi connectivity index (χ0n) is 9.33. The monoisotopic (exact) mass is 274 g/mol. The Morgan fingerprint density at radius 2 is 2.00 bits per heavy atom. The summed E-state index contributed by atoms with van der Waals surface area (Å²) >= 11 is 11.6. The Kier molecular flexibility index (Phi) is 5.45. The third kappa shape index (κ3) is 4.36. The van der Waals surface area contributed by atoms with Gasteiger partial charge in [0.1, 0.15) is 6.42 Å². The second kappa shape index (κ2) is 6.62. The van der Waals surface area contributed by atoms with Crippen LogP contribution in [0.1, 0.15) is 30.1 Å². The minimum atomic E-state index is -0.548. The number of ketones is 1. The first kappa shape index (κ1) is 14.0. The van der Waals surface area contributed by atoms with Gasteiger partial charge in [0.15, 0.2) is 5.78 Å². The molecule has 0 amide bonds. The Labute approximate surface area is 110 Å². The van der Waals surface area contributed by atoms with Crippen molar-refractivity contribution in [2.24, 2.45) is 0 Å². The highest BCUT2D eigenvalue weighted by atomic mass is 35.5. The summed E-state index contributed by atoms with van der Waals surface area (Å²) in [5.74, 6) is -0.938. The maximum atomic E-state index is 11.7. The van der Waals surface area contributed by atoms with E-state index >= 15 is 0 Å². The molecule has 5 heteroatoms. The number of halogens is 2. The van der Waals surface area contributed by atoms with E-state index in [9.17, 15) is 9.59 Å². The van der Waals surface area contributed by atoms with Crippen LogP contribution >= 0.6 is 23.2 Å². The highest BCUT2D eigenvalue weighted by Crippen LogP contribution is 2.22. The van der Waals surface area contributed by atoms with Gasteiger partial charge in [-0.25, -0.2) is 0 Å². The van der Waals surface area contributed by atoms with E-state index in [4.69, 9.17) is 27.9 Å². The molecule has 3 nitrogen and oxygen atoms in total. The van der Waals surface area contributed by atoms with Gasteiger partial charge in [0.2, 0.25) is 0 Å². The van der Waals surface area contributed by atoms with Crippen LogP contribution < -0.4 is 0 Å². The van der Waals surface area contributed by atoms with Crippen molar-refractivity contribution in [3.8, 4) is 0 Å². The van der Waals surface area contributed by atoms with Gasteiger partial charge >= 0.3 is 5.97 Å². The quantitative estimate of drug-likeness (QED) is 0.469. The largest absolute Gasteiger partial charge is 0.465 e. The van der Waals surface area contributed by atoms with Gasteiger partial charge in [-0.2, -0.15) is 0 Å². The number of benzene rings is 1. The van der Waals surface area contributed by atoms with Gasteiger partial charge in [-0.05, 0) is 24.6 Å². The molecule has 0 unspecified atom stereocenters. The molecular formula is C12H12Cl2O3. The highest BCUT2D eigenvalue weighted by molar-refractivity contribution is 6.36. The summed E-state index contributed by atoms with van der Waals surface area (Å²) in [5.41, 5.74) is 0.243. The summed E-state index contributed by atoms with van der Waals surface area (Å²) in [6.45, 7) is 2.19. The maximum Gasteiger partial charge on any atom is 0.313 e. The Bertz CT molecular complexity index is 430. The molecule has 0 aromatic heterocycles. The normalized spacial score (nSPS) is 10.1. The second-order valence-electron chi connectivity index (χ2n) is 3.44. The lowest BCUT2D eigenvalue weighted by molar-refractivity contribution is -0.142. The lowest BCUT2D eigenvalue weighted by Crippen LogP contribution is -2.12. The van der Waals surface area contributed by atoms with E-state index in [2.05, 4.69) is 0 Å². The zero-order valence-corrected chi connectivity index (χ0v) is 10.8. The van der Waals surface area contributed by atoms with Crippen molar-refractivity contribution < 1.29 is 14.3 Å². The number of ether oxygens (including phenoxy) is 1. The van der Waals surface area contributed by atoms with E-state index in [0.717, 1.165) is 6.42 Å². The maximum absolute atomic E-state index is 11.7. The van der Waals surface area contributed by atoms with Gasteiger partial charge in [-0.1, -0.05) is 30.1 Å². The van der Waals surface area contributed by atoms with Crippen LogP contribution in [0.25, 0.3) is 0 Å². The Hall–Kier alpha value is -1.06. The summed E-state index contributed by atoms with van der Waals surface area (Å²) < 4.78 is 4.82. The number of hydrogen-bond acceptors (Lipinski definition) is 3. The number of esters is 1. The fraction of sp³-hybridized carbons (Fsp3) is 0.333. The van der Waals surface area contributed by atoms with E-state index in [0.29, 0.717) is 11.6 Å². The Balaban J connectivity index is 2.69. The van der Waals surface area contributed by atoms with Crippen molar-refractivity contribution in [1.82, 2.24) is 0 Å². The average molecular weight is 275 g/mol. The molecule has 0 radical (unpaired) electrons. The number of rotatable bonds is 5. The number of Topliss-reactive ketones (excluding diaryl/α,β-unsaturated/α-hetero) is 1. The van der Waals surface area contributed by atoms with Gasteiger partial charge in [-0.15, -0.1) is 0 Å². The van der Waals surface area contributed by atoms with Gasteiger partial charge < -0.3 is 4.74 Å². The molecule has 1 aromatic carbocycles. The first-order chi connectivity index (χ1) is 8.04. The highest BCUT2D eigenvalue weighted by Gasteiger charge is 2.15. The molecule has 0 aliphatic rings. The molecular weight excluding hydrogens is 263 g/mol. The van der Waals surface area contributed by atoms with Crippen LogP contribution in [0.4, 0.5) is 0 Å². The SMILES string of the molecule is CCCOC(=O)CC(=O)c1cc(Cl)ccc1Cl. The van der Waals surface area contributed by atoms with Gasteiger partial charge in [0.05, 0.1) is 11.6 Å². The molecule has 0 spiro atoms. The Morgan fingerprint density at radius 1 is 1.29 bits per heavy atom. The third-order valence-electron chi connectivity index (χ3n) is 2.00. The predicted molar refractivity (Wildman–Crippen MR) is 66.7 cm³/mol. The van der Waals surface area contributed by atoms with Crippen molar-refractivity contribution >= 4 is 35.0 Å². The van der Waals surface area contributed by atoms with E-state index in [1.807, 2.05) is 6.92 Å². The molecule has 0 saturated carbocycles. The van der Waals surface area contributed by atoms with Gasteiger partial charge in [0, 0.05) is 10.6 Å². The topological polar surface area (TPSA) is 43.4 Å². The fourth-order valence-electron chi connectivity index (χ4n) is 1.20. The molecule has 0 fully saturated rings. The van der Waals surface area contributed by atoms with Crippen molar-refractivity contribution in [3.05, 3.63) is 33.8 Å². The zero-order chi connectivity index (χ0) is 12.8. The molecule has 0 aliphatic carbocycles. The lowest BCUT2D eigenvalue weighted by atomic mass is 10.1. The van der Waals surface area contributed by atoms with Crippen LogP contribution in [0, 0.1) is 0 Å². The minimum absolute atomic E-state index is 0.243. The number of carbonyl (C=O) groups excluding carboxylic acids is 2. The van der Waals surface area contributed by atoms with Crippen LogP contribution in [0.5, 0.6) is 0 Å². The first-order valence-corrected chi connectivity index (χ1v) is 5.94. The fourth-order valence-corrected chi connectivity index (χ4v) is 1.60. The van der Waals surface area contributed by atoms with E-state index in [1.54, 1.807) is 6.07 Å². The van der Waals surface area contributed by atoms with Crippen LogP contribution in [0.15, 0.2) is 18.2 Å². The summed E-state index contributed by atoms with van der Waals surface area (Å²) in [6.07, 6.45) is 0.401. The van der Waals surface area contributed by atoms with Crippen LogP contribution in [-0.4, -0.2) is 18.4 Å². The molecule has 17 heavy (non-hydrogen) atoms. The molecule has 1 aromatic rings. The molecule has 92 valence electrons. The summed E-state index contributed by atoms with van der Waals surface area (Å²) in [4.78, 5) is 23.0. The predicted octanol–water partition coefficient (Wildman–Crippen LogP) is 3.52.